The van der Waals surface area contributed by atoms with E-state index in [4.69, 9.17) is 15.2 Å². The van der Waals surface area contributed by atoms with Crippen LogP contribution in [0.5, 0.6) is 5.75 Å². The fraction of sp³-hybridized carbons (Fsp3) is 0.174. The van der Waals surface area contributed by atoms with Gasteiger partial charge in [0.2, 0.25) is 0 Å². The van der Waals surface area contributed by atoms with E-state index < -0.39 is 34.6 Å². The third-order valence-corrected chi connectivity index (χ3v) is 4.82. The van der Waals surface area contributed by atoms with Gasteiger partial charge in [0.1, 0.15) is 28.8 Å². The summed E-state index contributed by atoms with van der Waals surface area (Å²) in [6.07, 6.45) is -4.68. The van der Waals surface area contributed by atoms with Gasteiger partial charge in [-0.2, -0.15) is 18.4 Å². The molecular weight excluding hydrogens is 439 g/mol. The Morgan fingerprint density at radius 3 is 2.39 bits per heavy atom. The van der Waals surface area contributed by atoms with Crippen LogP contribution in [0, 0.1) is 11.3 Å². The summed E-state index contributed by atoms with van der Waals surface area (Å²) in [4.78, 5) is 26.1. The molecule has 2 N–H and O–H groups in total. The van der Waals surface area contributed by atoms with Gasteiger partial charge in [0.25, 0.3) is 5.56 Å². The Hall–Kier alpha value is -4.26. The normalized spacial score (nSPS) is 11.0. The molecule has 3 aromatic rings. The van der Waals surface area contributed by atoms with Crippen LogP contribution < -0.4 is 16.0 Å². The highest BCUT2D eigenvalue weighted by Gasteiger charge is 2.32. The monoisotopic (exact) mass is 457 g/mol. The van der Waals surface area contributed by atoms with Gasteiger partial charge in [-0.25, -0.2) is 4.79 Å². The molecule has 170 valence electrons. The topological polar surface area (TPSA) is 107 Å². The molecule has 0 spiro atoms. The number of alkyl halides is 3. The predicted octanol–water partition coefficient (Wildman–Crippen LogP) is 4.16. The summed E-state index contributed by atoms with van der Waals surface area (Å²) in [5.74, 6) is -0.902. The van der Waals surface area contributed by atoms with E-state index in [2.05, 4.69) is 0 Å². The first-order valence-corrected chi connectivity index (χ1v) is 9.61. The third-order valence-electron chi connectivity index (χ3n) is 4.82. The lowest BCUT2D eigenvalue weighted by atomic mass is 9.95. The summed E-state index contributed by atoms with van der Waals surface area (Å²) < 4.78 is 50.6. The lowest BCUT2D eigenvalue weighted by molar-refractivity contribution is -0.137. The Kier molecular flexibility index (Phi) is 6.44. The number of nitriles is 1. The lowest BCUT2D eigenvalue weighted by Crippen LogP contribution is -2.28. The van der Waals surface area contributed by atoms with Gasteiger partial charge >= 0.3 is 12.1 Å². The molecule has 0 radical (unpaired) electrons. The number of pyridine rings is 1. The largest absolute Gasteiger partial charge is 0.497 e. The number of ether oxygens (including phenoxy) is 2. The number of esters is 1. The molecule has 0 amide bonds. The number of rotatable bonds is 5. The smallest absolute Gasteiger partial charge is 0.416 e. The first-order valence-electron chi connectivity index (χ1n) is 9.61. The second kappa shape index (κ2) is 9.08. The van der Waals surface area contributed by atoms with Gasteiger partial charge in [0.15, 0.2) is 0 Å². The van der Waals surface area contributed by atoms with Crippen LogP contribution in [0.1, 0.15) is 28.4 Å². The molecule has 1 aromatic heterocycles. The standard InChI is InChI=1S/C23H18F3N3O4/c1-3-33-22(31)19-18(13-7-9-16(32-2)10-8-13)17(12-27)21(30)29(20(19)28)15-6-4-5-14(11-15)23(24,25)26/h4-11H,3,28H2,1-2H3. The van der Waals surface area contributed by atoms with E-state index in [-0.39, 0.29) is 23.4 Å². The van der Waals surface area contributed by atoms with E-state index in [0.29, 0.717) is 21.9 Å². The van der Waals surface area contributed by atoms with Gasteiger partial charge in [-0.05, 0) is 42.8 Å². The molecule has 2 aromatic carbocycles. The average Bonchev–Trinajstić information content (AvgIpc) is 2.78. The van der Waals surface area contributed by atoms with Crippen molar-refractivity contribution in [1.29, 1.82) is 5.26 Å². The molecule has 0 fully saturated rings. The van der Waals surface area contributed by atoms with Gasteiger partial charge in [0, 0.05) is 5.56 Å². The number of nitrogens with zero attached hydrogens (tertiary/aromatic N) is 2. The minimum absolute atomic E-state index is 0.0368. The Morgan fingerprint density at radius 1 is 1.18 bits per heavy atom. The lowest BCUT2D eigenvalue weighted by Gasteiger charge is -2.19. The second-order valence-electron chi connectivity index (χ2n) is 6.76. The summed E-state index contributed by atoms with van der Waals surface area (Å²) in [7, 11) is 1.45. The van der Waals surface area contributed by atoms with Gasteiger partial charge in [-0.1, -0.05) is 18.2 Å². The zero-order chi connectivity index (χ0) is 24.3. The quantitative estimate of drug-likeness (QED) is 0.577. The third kappa shape index (κ3) is 4.39. The maximum Gasteiger partial charge on any atom is 0.416 e. The molecule has 0 aliphatic carbocycles. The summed E-state index contributed by atoms with van der Waals surface area (Å²) in [5, 5.41) is 9.78. The minimum atomic E-state index is -4.68. The highest BCUT2D eigenvalue weighted by atomic mass is 19.4. The van der Waals surface area contributed by atoms with Crippen molar-refractivity contribution in [3.8, 4) is 28.6 Å². The van der Waals surface area contributed by atoms with Crippen LogP contribution in [-0.2, 0) is 10.9 Å². The minimum Gasteiger partial charge on any atom is -0.497 e. The SMILES string of the molecule is CCOC(=O)c1c(-c2ccc(OC)cc2)c(C#N)c(=O)n(-c2cccc(C(F)(F)F)c2)c1N. The summed E-state index contributed by atoms with van der Waals surface area (Å²) >= 11 is 0. The number of hydrogen-bond acceptors (Lipinski definition) is 6. The van der Waals surface area contributed by atoms with Crippen molar-refractivity contribution in [3.63, 3.8) is 0 Å². The van der Waals surface area contributed by atoms with E-state index >= 15 is 0 Å². The number of hydrogen-bond donors (Lipinski definition) is 1. The fourth-order valence-electron chi connectivity index (χ4n) is 3.33. The fourth-order valence-corrected chi connectivity index (χ4v) is 3.33. The number of aromatic nitrogens is 1. The number of carbonyl (C=O) groups excluding carboxylic acids is 1. The zero-order valence-electron chi connectivity index (χ0n) is 17.6. The Bertz CT molecular complexity index is 1310. The molecule has 3 rings (SSSR count). The van der Waals surface area contributed by atoms with Gasteiger partial charge in [-0.15, -0.1) is 0 Å². The van der Waals surface area contributed by atoms with E-state index in [1.165, 1.54) is 25.3 Å². The van der Waals surface area contributed by atoms with Crippen molar-refractivity contribution in [3.05, 3.63) is 75.6 Å². The molecule has 0 unspecified atom stereocenters. The molecule has 0 atom stereocenters. The molecule has 10 heteroatoms. The molecule has 7 nitrogen and oxygen atoms in total. The molecular formula is C23H18F3N3O4. The molecule has 0 bridgehead atoms. The maximum atomic E-state index is 13.2. The van der Waals surface area contributed by atoms with Gasteiger partial charge < -0.3 is 15.2 Å². The van der Waals surface area contributed by atoms with Crippen LogP contribution in [0.25, 0.3) is 16.8 Å². The molecule has 0 aliphatic rings. The number of nitrogen functional groups attached to an aromatic ring is 1. The number of halogens is 3. The van der Waals surface area contributed by atoms with Crippen molar-refractivity contribution < 1.29 is 27.4 Å². The van der Waals surface area contributed by atoms with E-state index in [9.17, 15) is 28.0 Å². The van der Waals surface area contributed by atoms with Crippen molar-refractivity contribution in [2.24, 2.45) is 0 Å². The second-order valence-corrected chi connectivity index (χ2v) is 6.76. The first kappa shape index (κ1) is 23.4. The first-order chi connectivity index (χ1) is 15.6. The molecule has 0 saturated carbocycles. The molecule has 0 saturated heterocycles. The number of carbonyl (C=O) groups is 1. The van der Waals surface area contributed by atoms with E-state index in [1.807, 2.05) is 0 Å². The van der Waals surface area contributed by atoms with E-state index in [0.717, 1.165) is 12.1 Å². The van der Waals surface area contributed by atoms with Crippen molar-refractivity contribution >= 4 is 11.8 Å². The molecule has 33 heavy (non-hydrogen) atoms. The van der Waals surface area contributed by atoms with Crippen molar-refractivity contribution in [2.45, 2.75) is 13.1 Å². The summed E-state index contributed by atoms with van der Waals surface area (Å²) in [6.45, 7) is 1.51. The maximum absolute atomic E-state index is 13.2. The van der Waals surface area contributed by atoms with Crippen LogP contribution in [-0.4, -0.2) is 24.3 Å². The molecule has 1 heterocycles. The summed E-state index contributed by atoms with van der Waals surface area (Å²) in [6, 6.07) is 11.8. The van der Waals surface area contributed by atoms with Crippen molar-refractivity contribution in [1.82, 2.24) is 4.57 Å². The number of nitrogens with two attached hydrogens (primary N) is 1. The van der Waals surface area contributed by atoms with Crippen LogP contribution in [0.3, 0.4) is 0 Å². The summed E-state index contributed by atoms with van der Waals surface area (Å²) in [5.41, 5.74) is 3.35. The Morgan fingerprint density at radius 2 is 1.85 bits per heavy atom. The molecule has 0 aliphatic heterocycles. The highest BCUT2D eigenvalue weighted by molar-refractivity contribution is 6.03. The number of methoxy groups -OCH3 is 1. The number of benzene rings is 2. The van der Waals surface area contributed by atoms with Crippen LogP contribution >= 0.6 is 0 Å². The zero-order valence-corrected chi connectivity index (χ0v) is 17.6. The van der Waals surface area contributed by atoms with Gasteiger partial charge in [0.05, 0.1) is 25.0 Å². The van der Waals surface area contributed by atoms with Crippen LogP contribution in [0.2, 0.25) is 0 Å². The average molecular weight is 457 g/mol. The van der Waals surface area contributed by atoms with Crippen LogP contribution in [0.4, 0.5) is 19.0 Å². The van der Waals surface area contributed by atoms with Crippen molar-refractivity contribution in [2.75, 3.05) is 19.5 Å². The van der Waals surface area contributed by atoms with Crippen LogP contribution in [0.15, 0.2) is 53.3 Å². The number of anilines is 1. The Balaban J connectivity index is 2.42. The highest BCUT2D eigenvalue weighted by Crippen LogP contribution is 2.34. The Labute approximate surface area is 186 Å². The van der Waals surface area contributed by atoms with E-state index in [1.54, 1.807) is 25.1 Å². The predicted molar refractivity (Wildman–Crippen MR) is 114 cm³/mol. The van der Waals surface area contributed by atoms with Gasteiger partial charge in [-0.3, -0.25) is 9.36 Å².